The van der Waals surface area contributed by atoms with Crippen molar-refractivity contribution in [2.75, 3.05) is 13.7 Å². The molecule has 0 atom stereocenters. The van der Waals surface area contributed by atoms with Gasteiger partial charge in [-0.1, -0.05) is 0 Å². The van der Waals surface area contributed by atoms with Crippen LogP contribution in [0.4, 0.5) is 0 Å². The Morgan fingerprint density at radius 2 is 2.46 bits per heavy atom. The predicted octanol–water partition coefficient (Wildman–Crippen LogP) is 0.853. The van der Waals surface area contributed by atoms with Gasteiger partial charge in [0.15, 0.2) is 0 Å². The predicted molar refractivity (Wildman–Crippen MR) is 53.5 cm³/mol. The summed E-state index contributed by atoms with van der Waals surface area (Å²) in [6, 6.07) is 0. The molecular formula is C7H11ClN2O2S. The number of thiazole rings is 1. The van der Waals surface area contributed by atoms with Crippen molar-refractivity contribution in [1.29, 1.82) is 0 Å². The lowest BCUT2D eigenvalue weighted by molar-refractivity contribution is 0.0606. The molecule has 0 fully saturated rings. The zero-order valence-corrected chi connectivity index (χ0v) is 8.78. The molecule has 0 aliphatic carbocycles. The van der Waals surface area contributed by atoms with Gasteiger partial charge in [-0.05, 0) is 6.54 Å². The van der Waals surface area contributed by atoms with Crippen molar-refractivity contribution in [3.05, 3.63) is 16.1 Å². The molecule has 0 amide bonds. The van der Waals surface area contributed by atoms with Crippen LogP contribution in [0, 0.1) is 0 Å². The molecular weight excluding hydrogens is 212 g/mol. The lowest BCUT2D eigenvalue weighted by Gasteiger charge is -1.90. The number of methoxy groups -OCH3 is 1. The number of rotatable bonds is 3. The fourth-order valence-electron chi connectivity index (χ4n) is 0.744. The molecule has 1 aromatic heterocycles. The topological polar surface area (TPSA) is 65.2 Å². The highest BCUT2D eigenvalue weighted by molar-refractivity contribution is 7.13. The van der Waals surface area contributed by atoms with E-state index in [4.69, 9.17) is 5.73 Å². The Morgan fingerprint density at radius 1 is 1.77 bits per heavy atom. The summed E-state index contributed by atoms with van der Waals surface area (Å²) in [6.07, 6.45) is 2.23. The fraction of sp³-hybridized carbons (Fsp3) is 0.429. The standard InChI is InChI=1S/C7H10N2O2S.ClH/c1-11-7(10)5-4-9-6(12-5)2-3-8;/h4H,2-3,8H2,1H3;1H. The molecule has 1 rings (SSSR count). The first-order valence-corrected chi connectivity index (χ1v) is 4.32. The number of carbonyl (C=O) groups excluding carboxylic acids is 1. The van der Waals surface area contributed by atoms with E-state index in [1.807, 2.05) is 0 Å². The van der Waals surface area contributed by atoms with E-state index in [0.29, 0.717) is 17.8 Å². The van der Waals surface area contributed by atoms with Gasteiger partial charge in [0.25, 0.3) is 0 Å². The molecule has 13 heavy (non-hydrogen) atoms. The van der Waals surface area contributed by atoms with Crippen LogP contribution in [0.25, 0.3) is 0 Å². The second-order valence-corrected chi connectivity index (χ2v) is 3.26. The first-order chi connectivity index (χ1) is 5.77. The summed E-state index contributed by atoms with van der Waals surface area (Å²) < 4.78 is 4.53. The number of hydrogen-bond acceptors (Lipinski definition) is 5. The summed E-state index contributed by atoms with van der Waals surface area (Å²) >= 11 is 1.32. The molecule has 0 aliphatic rings. The van der Waals surface area contributed by atoms with Crippen LogP contribution < -0.4 is 5.73 Å². The van der Waals surface area contributed by atoms with Gasteiger partial charge in [-0.2, -0.15) is 0 Å². The molecule has 0 radical (unpaired) electrons. The lowest BCUT2D eigenvalue weighted by atomic mass is 10.5. The number of aromatic nitrogens is 1. The van der Waals surface area contributed by atoms with Crippen LogP contribution in [0.15, 0.2) is 6.20 Å². The van der Waals surface area contributed by atoms with Gasteiger partial charge in [-0.3, -0.25) is 0 Å². The first kappa shape index (κ1) is 12.3. The second kappa shape index (κ2) is 5.90. The lowest BCUT2D eigenvalue weighted by Crippen LogP contribution is -2.01. The number of halogens is 1. The Hall–Kier alpha value is -0.650. The van der Waals surface area contributed by atoms with Crippen LogP contribution in [0.3, 0.4) is 0 Å². The zero-order chi connectivity index (χ0) is 8.97. The molecule has 2 N–H and O–H groups in total. The third-order valence-corrected chi connectivity index (χ3v) is 2.34. The molecule has 0 aliphatic heterocycles. The van der Waals surface area contributed by atoms with Crippen molar-refractivity contribution < 1.29 is 9.53 Å². The van der Waals surface area contributed by atoms with Crippen LogP contribution in [0.2, 0.25) is 0 Å². The monoisotopic (exact) mass is 222 g/mol. The minimum atomic E-state index is -0.337. The van der Waals surface area contributed by atoms with Crippen molar-refractivity contribution in [1.82, 2.24) is 4.98 Å². The second-order valence-electron chi connectivity index (χ2n) is 2.15. The molecule has 6 heteroatoms. The Kier molecular flexibility index (Phi) is 5.61. The number of carbonyl (C=O) groups is 1. The van der Waals surface area contributed by atoms with E-state index < -0.39 is 0 Å². The summed E-state index contributed by atoms with van der Waals surface area (Å²) in [4.78, 5) is 15.5. The van der Waals surface area contributed by atoms with Gasteiger partial charge >= 0.3 is 5.97 Å². The van der Waals surface area contributed by atoms with E-state index in [2.05, 4.69) is 9.72 Å². The molecule has 0 saturated carbocycles. The van der Waals surface area contributed by atoms with Crippen molar-refractivity contribution in [2.45, 2.75) is 6.42 Å². The number of ether oxygens (including phenoxy) is 1. The maximum atomic E-state index is 10.9. The molecule has 0 bridgehead atoms. The third kappa shape index (κ3) is 3.30. The quantitative estimate of drug-likeness (QED) is 0.771. The smallest absolute Gasteiger partial charge is 0.349 e. The van der Waals surface area contributed by atoms with Crippen molar-refractivity contribution in [3.8, 4) is 0 Å². The Bertz CT molecular complexity index is 277. The summed E-state index contributed by atoms with van der Waals surface area (Å²) in [6.45, 7) is 0.550. The summed E-state index contributed by atoms with van der Waals surface area (Å²) in [5, 5.41) is 0.873. The van der Waals surface area contributed by atoms with E-state index in [-0.39, 0.29) is 18.4 Å². The SMILES string of the molecule is COC(=O)c1cnc(CCN)s1.Cl. The summed E-state index contributed by atoms with van der Waals surface area (Å²) in [7, 11) is 1.35. The highest BCUT2D eigenvalue weighted by Crippen LogP contribution is 2.13. The Balaban J connectivity index is 0.00000144. The van der Waals surface area contributed by atoms with Gasteiger partial charge < -0.3 is 10.5 Å². The van der Waals surface area contributed by atoms with Crippen LogP contribution >= 0.6 is 23.7 Å². The molecule has 0 unspecified atom stereocenters. The average molecular weight is 223 g/mol. The average Bonchev–Trinajstić information content (AvgIpc) is 2.52. The van der Waals surface area contributed by atoms with Gasteiger partial charge in [0.2, 0.25) is 0 Å². The van der Waals surface area contributed by atoms with E-state index >= 15 is 0 Å². The largest absolute Gasteiger partial charge is 0.465 e. The first-order valence-electron chi connectivity index (χ1n) is 3.51. The fourth-order valence-corrected chi connectivity index (χ4v) is 1.60. The van der Waals surface area contributed by atoms with Crippen LogP contribution in [0.5, 0.6) is 0 Å². The Labute approximate surface area is 86.5 Å². The number of hydrogen-bond donors (Lipinski definition) is 1. The normalized spacial score (nSPS) is 9.08. The van der Waals surface area contributed by atoms with Crippen molar-refractivity contribution in [2.24, 2.45) is 5.73 Å². The zero-order valence-electron chi connectivity index (χ0n) is 7.15. The molecule has 0 spiro atoms. The summed E-state index contributed by atoms with van der Waals surface area (Å²) in [5.41, 5.74) is 5.33. The van der Waals surface area contributed by atoms with Gasteiger partial charge in [0, 0.05) is 6.42 Å². The number of esters is 1. The minimum Gasteiger partial charge on any atom is -0.465 e. The third-order valence-electron chi connectivity index (χ3n) is 1.30. The van der Waals surface area contributed by atoms with E-state index in [1.54, 1.807) is 0 Å². The van der Waals surface area contributed by atoms with E-state index in [0.717, 1.165) is 5.01 Å². The van der Waals surface area contributed by atoms with Crippen LogP contribution in [0.1, 0.15) is 14.7 Å². The van der Waals surface area contributed by atoms with Gasteiger partial charge in [-0.25, -0.2) is 9.78 Å². The summed E-state index contributed by atoms with van der Waals surface area (Å²) in [5.74, 6) is -0.337. The maximum Gasteiger partial charge on any atom is 0.349 e. The molecule has 1 aromatic rings. The number of nitrogens with zero attached hydrogens (tertiary/aromatic N) is 1. The molecule has 0 saturated heterocycles. The van der Waals surface area contributed by atoms with Gasteiger partial charge in [-0.15, -0.1) is 23.7 Å². The van der Waals surface area contributed by atoms with E-state index in [1.165, 1.54) is 24.6 Å². The van der Waals surface area contributed by atoms with Crippen molar-refractivity contribution >= 4 is 29.7 Å². The molecule has 0 aromatic carbocycles. The highest BCUT2D eigenvalue weighted by atomic mass is 35.5. The molecule has 74 valence electrons. The molecule has 4 nitrogen and oxygen atoms in total. The minimum absolute atomic E-state index is 0. The maximum absolute atomic E-state index is 10.9. The number of nitrogens with two attached hydrogens (primary N) is 1. The molecule has 1 heterocycles. The van der Waals surface area contributed by atoms with Gasteiger partial charge in [0.1, 0.15) is 4.88 Å². The highest BCUT2D eigenvalue weighted by Gasteiger charge is 2.09. The van der Waals surface area contributed by atoms with Crippen LogP contribution in [-0.4, -0.2) is 24.6 Å². The van der Waals surface area contributed by atoms with Crippen molar-refractivity contribution in [3.63, 3.8) is 0 Å². The van der Waals surface area contributed by atoms with Gasteiger partial charge in [0.05, 0.1) is 18.3 Å². The van der Waals surface area contributed by atoms with Crippen LogP contribution in [-0.2, 0) is 11.2 Å². The van der Waals surface area contributed by atoms with E-state index in [9.17, 15) is 4.79 Å². The Morgan fingerprint density at radius 3 is 3.00 bits per heavy atom.